The third-order valence-corrected chi connectivity index (χ3v) is 4.13. The van der Waals surface area contributed by atoms with Crippen LogP contribution in [0.15, 0.2) is 46.9 Å². The van der Waals surface area contributed by atoms with Crippen molar-refractivity contribution < 1.29 is 8.78 Å². The lowest BCUT2D eigenvalue weighted by Gasteiger charge is -2.20. The third-order valence-electron chi connectivity index (χ3n) is 3.36. The Hall–Kier alpha value is -1.26. The maximum atomic E-state index is 14.0. The predicted octanol–water partition coefficient (Wildman–Crippen LogP) is 5.01. The molecule has 0 saturated heterocycles. The Bertz CT molecular complexity index is 601. The molecule has 0 radical (unpaired) electrons. The number of hydrogen-bond acceptors (Lipinski definition) is 1. The molecule has 0 fully saturated rings. The second kappa shape index (κ2) is 7.66. The summed E-state index contributed by atoms with van der Waals surface area (Å²) < 4.78 is 28.1. The van der Waals surface area contributed by atoms with Gasteiger partial charge in [-0.05, 0) is 37.1 Å². The van der Waals surface area contributed by atoms with Gasteiger partial charge in [0.1, 0.15) is 11.6 Å². The zero-order valence-electron chi connectivity index (χ0n) is 11.9. The molecule has 2 rings (SSSR count). The Kier molecular flexibility index (Phi) is 5.88. The standard InChI is InChI=1S/C17H18BrF2N/c1-2-9-21-17(10-12-5-3-4-6-15(12)18)14-8-7-13(19)11-16(14)20/h3-8,11,17,21H,2,9-10H2,1H3. The van der Waals surface area contributed by atoms with E-state index in [0.29, 0.717) is 12.0 Å². The SMILES string of the molecule is CCCNC(Cc1ccccc1Br)c1ccc(F)cc1F. The Morgan fingerprint density at radius 1 is 1.14 bits per heavy atom. The van der Waals surface area contributed by atoms with Crippen molar-refractivity contribution in [2.24, 2.45) is 0 Å². The molecule has 1 nitrogen and oxygen atoms in total. The molecular formula is C17H18BrF2N. The largest absolute Gasteiger partial charge is 0.310 e. The zero-order chi connectivity index (χ0) is 15.2. The van der Waals surface area contributed by atoms with E-state index in [1.807, 2.05) is 24.3 Å². The highest BCUT2D eigenvalue weighted by atomic mass is 79.9. The van der Waals surface area contributed by atoms with Crippen molar-refractivity contribution in [1.82, 2.24) is 5.32 Å². The van der Waals surface area contributed by atoms with Crippen LogP contribution >= 0.6 is 15.9 Å². The molecular weight excluding hydrogens is 336 g/mol. The molecule has 0 bridgehead atoms. The Morgan fingerprint density at radius 2 is 1.90 bits per heavy atom. The van der Waals surface area contributed by atoms with E-state index in [4.69, 9.17) is 0 Å². The summed E-state index contributed by atoms with van der Waals surface area (Å²) in [6.07, 6.45) is 1.60. The quantitative estimate of drug-likeness (QED) is 0.769. The van der Waals surface area contributed by atoms with E-state index in [0.717, 1.165) is 29.1 Å². The topological polar surface area (TPSA) is 12.0 Å². The summed E-state index contributed by atoms with van der Waals surface area (Å²) in [5.41, 5.74) is 1.59. The van der Waals surface area contributed by atoms with Crippen LogP contribution in [0.2, 0.25) is 0 Å². The molecule has 0 aliphatic heterocycles. The zero-order valence-corrected chi connectivity index (χ0v) is 13.5. The number of nitrogens with one attached hydrogen (secondary N) is 1. The molecule has 0 aliphatic rings. The smallest absolute Gasteiger partial charge is 0.130 e. The fourth-order valence-corrected chi connectivity index (χ4v) is 2.73. The summed E-state index contributed by atoms with van der Waals surface area (Å²) in [4.78, 5) is 0. The van der Waals surface area contributed by atoms with Crippen LogP contribution in [0.5, 0.6) is 0 Å². The second-order valence-electron chi connectivity index (χ2n) is 4.97. The van der Waals surface area contributed by atoms with E-state index in [-0.39, 0.29) is 6.04 Å². The monoisotopic (exact) mass is 353 g/mol. The molecule has 0 aromatic heterocycles. The van der Waals surface area contributed by atoms with Gasteiger partial charge in [0, 0.05) is 22.1 Å². The summed E-state index contributed by atoms with van der Waals surface area (Å²) in [5.74, 6) is -1.05. The minimum Gasteiger partial charge on any atom is -0.310 e. The predicted molar refractivity (Wildman–Crippen MR) is 85.2 cm³/mol. The first kappa shape index (κ1) is 16.1. The lowest BCUT2D eigenvalue weighted by atomic mass is 9.98. The average Bonchev–Trinajstić information content (AvgIpc) is 2.46. The van der Waals surface area contributed by atoms with Crippen molar-refractivity contribution >= 4 is 15.9 Å². The van der Waals surface area contributed by atoms with Gasteiger partial charge in [-0.1, -0.05) is 47.1 Å². The number of hydrogen-bond donors (Lipinski definition) is 1. The molecule has 1 N–H and O–H groups in total. The van der Waals surface area contributed by atoms with Crippen molar-refractivity contribution in [1.29, 1.82) is 0 Å². The van der Waals surface area contributed by atoms with Gasteiger partial charge in [0.15, 0.2) is 0 Å². The number of benzene rings is 2. The van der Waals surface area contributed by atoms with Crippen LogP contribution in [0, 0.1) is 11.6 Å². The molecule has 2 aromatic rings. The first-order valence-electron chi connectivity index (χ1n) is 7.03. The van der Waals surface area contributed by atoms with E-state index < -0.39 is 11.6 Å². The van der Waals surface area contributed by atoms with Gasteiger partial charge in [0.2, 0.25) is 0 Å². The summed E-state index contributed by atoms with van der Waals surface area (Å²) >= 11 is 3.51. The molecule has 0 aliphatic carbocycles. The minimum atomic E-state index is -0.550. The van der Waals surface area contributed by atoms with Crippen molar-refractivity contribution in [2.45, 2.75) is 25.8 Å². The van der Waals surface area contributed by atoms with E-state index in [1.54, 1.807) is 0 Å². The van der Waals surface area contributed by atoms with Crippen molar-refractivity contribution in [3.63, 3.8) is 0 Å². The summed E-state index contributed by atoms with van der Waals surface area (Å²) in [7, 11) is 0. The molecule has 21 heavy (non-hydrogen) atoms. The van der Waals surface area contributed by atoms with Crippen LogP contribution in [0.4, 0.5) is 8.78 Å². The Balaban J connectivity index is 2.27. The molecule has 0 saturated carbocycles. The van der Waals surface area contributed by atoms with Crippen molar-refractivity contribution in [3.05, 3.63) is 69.7 Å². The second-order valence-corrected chi connectivity index (χ2v) is 5.82. The highest BCUT2D eigenvalue weighted by Gasteiger charge is 2.17. The summed E-state index contributed by atoms with van der Waals surface area (Å²) in [5, 5.41) is 3.34. The van der Waals surface area contributed by atoms with Crippen LogP contribution in [0.25, 0.3) is 0 Å². The first-order chi connectivity index (χ1) is 10.1. The summed E-state index contributed by atoms with van der Waals surface area (Å²) in [6.45, 7) is 2.84. The lowest BCUT2D eigenvalue weighted by Crippen LogP contribution is -2.25. The van der Waals surface area contributed by atoms with Gasteiger partial charge >= 0.3 is 0 Å². The van der Waals surface area contributed by atoms with Gasteiger partial charge in [0.25, 0.3) is 0 Å². The van der Waals surface area contributed by atoms with Crippen LogP contribution in [0.3, 0.4) is 0 Å². The van der Waals surface area contributed by atoms with Crippen LogP contribution in [-0.2, 0) is 6.42 Å². The van der Waals surface area contributed by atoms with Gasteiger partial charge in [-0.3, -0.25) is 0 Å². The van der Waals surface area contributed by atoms with Crippen molar-refractivity contribution in [3.8, 4) is 0 Å². The fraction of sp³-hybridized carbons (Fsp3) is 0.294. The molecule has 0 amide bonds. The van der Waals surface area contributed by atoms with Gasteiger partial charge in [0.05, 0.1) is 0 Å². The summed E-state index contributed by atoms with van der Waals surface area (Å²) in [6, 6.07) is 11.5. The highest BCUT2D eigenvalue weighted by molar-refractivity contribution is 9.10. The fourth-order valence-electron chi connectivity index (χ4n) is 2.28. The van der Waals surface area contributed by atoms with E-state index >= 15 is 0 Å². The van der Waals surface area contributed by atoms with Crippen LogP contribution in [-0.4, -0.2) is 6.54 Å². The van der Waals surface area contributed by atoms with Crippen LogP contribution < -0.4 is 5.32 Å². The van der Waals surface area contributed by atoms with Gasteiger partial charge in [-0.2, -0.15) is 0 Å². The maximum absolute atomic E-state index is 14.0. The van der Waals surface area contributed by atoms with Gasteiger partial charge in [-0.15, -0.1) is 0 Å². The van der Waals surface area contributed by atoms with Gasteiger partial charge in [-0.25, -0.2) is 8.78 Å². The van der Waals surface area contributed by atoms with Crippen molar-refractivity contribution in [2.75, 3.05) is 6.54 Å². The molecule has 4 heteroatoms. The lowest BCUT2D eigenvalue weighted by molar-refractivity contribution is 0.490. The Labute approximate surface area is 132 Å². The molecule has 1 unspecified atom stereocenters. The van der Waals surface area contributed by atoms with Crippen LogP contribution in [0.1, 0.15) is 30.5 Å². The van der Waals surface area contributed by atoms with Gasteiger partial charge < -0.3 is 5.32 Å². The number of rotatable bonds is 6. The van der Waals surface area contributed by atoms with E-state index in [2.05, 4.69) is 28.2 Å². The third kappa shape index (κ3) is 4.35. The first-order valence-corrected chi connectivity index (χ1v) is 7.83. The molecule has 1 atom stereocenters. The molecule has 2 aromatic carbocycles. The minimum absolute atomic E-state index is 0.177. The number of halogens is 3. The molecule has 0 heterocycles. The Morgan fingerprint density at radius 3 is 2.57 bits per heavy atom. The highest BCUT2D eigenvalue weighted by Crippen LogP contribution is 2.26. The maximum Gasteiger partial charge on any atom is 0.130 e. The molecule has 0 spiro atoms. The van der Waals surface area contributed by atoms with E-state index in [1.165, 1.54) is 12.1 Å². The van der Waals surface area contributed by atoms with E-state index in [9.17, 15) is 8.78 Å². The normalized spacial score (nSPS) is 12.4. The average molecular weight is 354 g/mol. The molecule has 112 valence electrons.